The van der Waals surface area contributed by atoms with Crippen LogP contribution < -0.4 is 10.5 Å². The highest BCUT2D eigenvalue weighted by atomic mass is 35.5. The van der Waals surface area contributed by atoms with Crippen LogP contribution >= 0.6 is 23.8 Å². The van der Waals surface area contributed by atoms with E-state index >= 15 is 0 Å². The molecule has 0 unspecified atom stereocenters. The lowest BCUT2D eigenvalue weighted by Crippen LogP contribution is -2.10. The third kappa shape index (κ3) is 3.43. The summed E-state index contributed by atoms with van der Waals surface area (Å²) in [5.74, 6) is 0.238. The van der Waals surface area contributed by atoms with Gasteiger partial charge in [-0.05, 0) is 24.3 Å². The summed E-state index contributed by atoms with van der Waals surface area (Å²) in [4.78, 5) is 0.227. The molecule has 2 rings (SSSR count). The first-order valence-electron chi connectivity index (χ1n) is 5.53. The van der Waals surface area contributed by atoms with Crippen LogP contribution in [0.1, 0.15) is 11.1 Å². The fourth-order valence-electron chi connectivity index (χ4n) is 1.56. The van der Waals surface area contributed by atoms with Crippen LogP contribution in [0.2, 0.25) is 5.02 Å². The predicted octanol–water partition coefficient (Wildman–Crippen LogP) is 3.69. The number of ether oxygens (including phenoxy) is 1. The summed E-state index contributed by atoms with van der Waals surface area (Å²) < 4.78 is 18.9. The summed E-state index contributed by atoms with van der Waals surface area (Å²) in [7, 11) is 0. The first-order chi connectivity index (χ1) is 9.08. The highest BCUT2D eigenvalue weighted by molar-refractivity contribution is 7.80. The minimum absolute atomic E-state index is 0.134. The molecule has 2 nitrogen and oxygen atoms in total. The topological polar surface area (TPSA) is 35.2 Å². The second-order valence-electron chi connectivity index (χ2n) is 3.89. The van der Waals surface area contributed by atoms with Crippen molar-refractivity contribution in [1.29, 1.82) is 0 Å². The smallest absolute Gasteiger partial charge is 0.129 e. The van der Waals surface area contributed by atoms with E-state index in [1.165, 1.54) is 6.07 Å². The van der Waals surface area contributed by atoms with Crippen LogP contribution in [-0.4, -0.2) is 4.99 Å². The van der Waals surface area contributed by atoms with Crippen molar-refractivity contribution in [2.75, 3.05) is 0 Å². The maximum absolute atomic E-state index is 13.4. The maximum atomic E-state index is 13.4. The van der Waals surface area contributed by atoms with Crippen LogP contribution in [0.25, 0.3) is 0 Å². The van der Waals surface area contributed by atoms with E-state index in [9.17, 15) is 4.39 Å². The highest BCUT2D eigenvalue weighted by Crippen LogP contribution is 2.23. The van der Waals surface area contributed by atoms with E-state index in [0.717, 1.165) is 0 Å². The first-order valence-corrected chi connectivity index (χ1v) is 6.32. The van der Waals surface area contributed by atoms with E-state index in [2.05, 4.69) is 0 Å². The Kier molecular flexibility index (Phi) is 4.35. The molecule has 0 spiro atoms. The van der Waals surface area contributed by atoms with Gasteiger partial charge in [-0.15, -0.1) is 0 Å². The second kappa shape index (κ2) is 5.99. The fraction of sp³-hybridized carbons (Fsp3) is 0.0714. The number of nitrogens with two attached hydrogens (primary N) is 1. The summed E-state index contributed by atoms with van der Waals surface area (Å²) in [6, 6.07) is 11.4. The normalized spacial score (nSPS) is 10.2. The summed E-state index contributed by atoms with van der Waals surface area (Å²) in [5, 5.41) is 0.415. The molecule has 2 aromatic rings. The van der Waals surface area contributed by atoms with E-state index in [0.29, 0.717) is 21.9 Å². The molecule has 0 radical (unpaired) electrons. The molecule has 2 N–H and O–H groups in total. The quantitative estimate of drug-likeness (QED) is 0.874. The Morgan fingerprint density at radius 3 is 2.63 bits per heavy atom. The molecular formula is C14H11ClFNOS. The van der Waals surface area contributed by atoms with Crippen LogP contribution in [0.3, 0.4) is 0 Å². The first kappa shape index (κ1) is 13.8. The number of thiocarbonyl (C=S) groups is 1. The van der Waals surface area contributed by atoms with Crippen molar-refractivity contribution in [1.82, 2.24) is 0 Å². The van der Waals surface area contributed by atoms with Gasteiger partial charge in [0, 0.05) is 11.1 Å². The summed E-state index contributed by atoms with van der Waals surface area (Å²) >= 11 is 10.9. The molecule has 0 aliphatic heterocycles. The molecule has 0 aromatic heterocycles. The lowest BCUT2D eigenvalue weighted by atomic mass is 10.2. The average molecular weight is 296 g/mol. The molecule has 0 atom stereocenters. The van der Waals surface area contributed by atoms with E-state index in [4.69, 9.17) is 34.3 Å². The SMILES string of the molecule is NC(=S)c1ccc(OCc2ccccc2F)cc1Cl. The van der Waals surface area contributed by atoms with Crippen molar-refractivity contribution >= 4 is 28.8 Å². The molecule has 0 saturated carbocycles. The van der Waals surface area contributed by atoms with Gasteiger partial charge in [0.25, 0.3) is 0 Å². The van der Waals surface area contributed by atoms with E-state index in [-0.39, 0.29) is 17.4 Å². The molecule has 5 heteroatoms. The van der Waals surface area contributed by atoms with Crippen LogP contribution in [0.4, 0.5) is 4.39 Å². The highest BCUT2D eigenvalue weighted by Gasteiger charge is 2.06. The molecule has 0 bridgehead atoms. The molecule has 0 fully saturated rings. The van der Waals surface area contributed by atoms with Gasteiger partial charge >= 0.3 is 0 Å². The molecule has 2 aromatic carbocycles. The molecule has 19 heavy (non-hydrogen) atoms. The second-order valence-corrected chi connectivity index (χ2v) is 4.73. The lowest BCUT2D eigenvalue weighted by Gasteiger charge is -2.09. The van der Waals surface area contributed by atoms with E-state index < -0.39 is 0 Å². The zero-order chi connectivity index (χ0) is 13.8. The summed E-state index contributed by atoms with van der Waals surface area (Å²) in [6.45, 7) is 0.134. The molecule has 0 saturated heterocycles. The Balaban J connectivity index is 2.11. The Labute approximate surface area is 120 Å². The Bertz CT molecular complexity index is 618. The van der Waals surface area contributed by atoms with Gasteiger partial charge < -0.3 is 10.5 Å². The van der Waals surface area contributed by atoms with Gasteiger partial charge in [-0.3, -0.25) is 0 Å². The van der Waals surface area contributed by atoms with Crippen molar-refractivity contribution in [3.05, 3.63) is 64.4 Å². The van der Waals surface area contributed by atoms with Gasteiger partial charge in [-0.25, -0.2) is 4.39 Å². The fourth-order valence-corrected chi connectivity index (χ4v) is 2.07. The molecule has 98 valence electrons. The largest absolute Gasteiger partial charge is 0.489 e. The maximum Gasteiger partial charge on any atom is 0.129 e. The lowest BCUT2D eigenvalue weighted by molar-refractivity contribution is 0.300. The van der Waals surface area contributed by atoms with Gasteiger partial charge in [-0.2, -0.15) is 0 Å². The molecule has 0 aliphatic rings. The molecule has 0 aliphatic carbocycles. The van der Waals surface area contributed by atoms with Gasteiger partial charge in [0.15, 0.2) is 0 Å². The summed E-state index contributed by atoms with van der Waals surface area (Å²) in [6.07, 6.45) is 0. The minimum atomic E-state index is -0.298. The number of halogens is 2. The van der Waals surface area contributed by atoms with Gasteiger partial charge in [0.1, 0.15) is 23.2 Å². The average Bonchev–Trinajstić information content (AvgIpc) is 2.37. The zero-order valence-electron chi connectivity index (χ0n) is 9.90. The Morgan fingerprint density at radius 2 is 2.00 bits per heavy atom. The van der Waals surface area contributed by atoms with Crippen LogP contribution in [-0.2, 0) is 6.61 Å². The van der Waals surface area contributed by atoms with Crippen LogP contribution in [0, 0.1) is 5.82 Å². The Hall–Kier alpha value is -1.65. The van der Waals surface area contributed by atoms with Crippen molar-refractivity contribution in [3.8, 4) is 5.75 Å². The zero-order valence-corrected chi connectivity index (χ0v) is 11.5. The van der Waals surface area contributed by atoms with E-state index in [1.807, 2.05) is 0 Å². The van der Waals surface area contributed by atoms with Gasteiger partial charge in [0.05, 0.1) is 5.02 Å². The monoisotopic (exact) mass is 295 g/mol. The third-order valence-electron chi connectivity index (χ3n) is 2.56. The van der Waals surface area contributed by atoms with Crippen molar-refractivity contribution in [2.24, 2.45) is 5.73 Å². The standard InChI is InChI=1S/C14H11ClFNOS/c15-12-7-10(5-6-11(12)14(17)19)18-8-9-3-1-2-4-13(9)16/h1-7H,8H2,(H2,17,19). The van der Waals surface area contributed by atoms with Crippen LogP contribution in [0.5, 0.6) is 5.75 Å². The minimum Gasteiger partial charge on any atom is -0.489 e. The molecular weight excluding hydrogens is 285 g/mol. The van der Waals surface area contributed by atoms with Gasteiger partial charge in [0.2, 0.25) is 0 Å². The Morgan fingerprint density at radius 1 is 1.26 bits per heavy atom. The van der Waals surface area contributed by atoms with E-state index in [1.54, 1.807) is 36.4 Å². The van der Waals surface area contributed by atoms with Crippen molar-refractivity contribution in [2.45, 2.75) is 6.61 Å². The number of benzene rings is 2. The summed E-state index contributed by atoms with van der Waals surface area (Å²) in [5.41, 5.74) is 6.58. The van der Waals surface area contributed by atoms with Crippen molar-refractivity contribution < 1.29 is 9.13 Å². The molecule has 0 amide bonds. The number of rotatable bonds is 4. The third-order valence-corrected chi connectivity index (χ3v) is 3.09. The molecule has 0 heterocycles. The predicted molar refractivity (Wildman–Crippen MR) is 78.1 cm³/mol. The van der Waals surface area contributed by atoms with Gasteiger partial charge in [-0.1, -0.05) is 42.0 Å². The van der Waals surface area contributed by atoms with Crippen molar-refractivity contribution in [3.63, 3.8) is 0 Å². The number of hydrogen-bond acceptors (Lipinski definition) is 2. The number of hydrogen-bond donors (Lipinski definition) is 1. The van der Waals surface area contributed by atoms with Crippen LogP contribution in [0.15, 0.2) is 42.5 Å².